The second-order valence-electron chi connectivity index (χ2n) is 6.42. The predicted molar refractivity (Wildman–Crippen MR) is 99.4 cm³/mol. The number of sulfonamides is 1. The highest BCUT2D eigenvalue weighted by atomic mass is 32.2. The van der Waals surface area contributed by atoms with Crippen molar-refractivity contribution in [3.63, 3.8) is 0 Å². The fourth-order valence-electron chi connectivity index (χ4n) is 3.01. The van der Waals surface area contributed by atoms with Gasteiger partial charge in [-0.3, -0.25) is 9.52 Å². The number of aryl methyl sites for hydroxylation is 2. The van der Waals surface area contributed by atoms with Crippen LogP contribution in [0.5, 0.6) is 0 Å². The van der Waals surface area contributed by atoms with Gasteiger partial charge in [0, 0.05) is 24.3 Å². The maximum absolute atomic E-state index is 12.5. The molecule has 1 aliphatic rings. The Labute approximate surface area is 148 Å². The Morgan fingerprint density at radius 1 is 1.00 bits per heavy atom. The quantitative estimate of drug-likeness (QED) is 0.908. The van der Waals surface area contributed by atoms with Crippen LogP contribution < -0.4 is 9.62 Å². The molecule has 0 bridgehead atoms. The summed E-state index contributed by atoms with van der Waals surface area (Å²) in [7, 11) is -3.63. The number of rotatable bonds is 4. The van der Waals surface area contributed by atoms with Gasteiger partial charge < -0.3 is 4.90 Å². The highest BCUT2D eigenvalue weighted by molar-refractivity contribution is 7.92. The predicted octanol–water partition coefficient (Wildman–Crippen LogP) is 3.62. The Hall–Kier alpha value is -2.34. The Bertz CT molecular complexity index is 889. The van der Waals surface area contributed by atoms with Gasteiger partial charge in [-0.1, -0.05) is 17.7 Å². The molecule has 1 aliphatic heterocycles. The molecule has 0 atom stereocenters. The summed E-state index contributed by atoms with van der Waals surface area (Å²) in [5, 5.41) is 0. The van der Waals surface area contributed by atoms with E-state index in [0.717, 1.165) is 29.7 Å². The summed E-state index contributed by atoms with van der Waals surface area (Å²) < 4.78 is 27.6. The third kappa shape index (κ3) is 3.85. The third-order valence-electron chi connectivity index (χ3n) is 4.39. The summed E-state index contributed by atoms with van der Waals surface area (Å²) >= 11 is 0. The van der Waals surface area contributed by atoms with Gasteiger partial charge in [-0.05, 0) is 62.6 Å². The minimum Gasteiger partial charge on any atom is -0.312 e. The molecule has 1 saturated heterocycles. The van der Waals surface area contributed by atoms with Crippen LogP contribution in [0.4, 0.5) is 11.4 Å². The van der Waals surface area contributed by atoms with Crippen LogP contribution in [0.1, 0.15) is 30.4 Å². The van der Waals surface area contributed by atoms with E-state index >= 15 is 0 Å². The van der Waals surface area contributed by atoms with Gasteiger partial charge in [0.1, 0.15) is 0 Å². The number of carbonyl (C=O) groups excluding carboxylic acids is 1. The molecule has 1 amide bonds. The van der Waals surface area contributed by atoms with Crippen LogP contribution in [0.25, 0.3) is 0 Å². The van der Waals surface area contributed by atoms with E-state index in [4.69, 9.17) is 0 Å². The van der Waals surface area contributed by atoms with Gasteiger partial charge in [0.25, 0.3) is 10.0 Å². The van der Waals surface area contributed by atoms with Crippen LogP contribution in [0.3, 0.4) is 0 Å². The zero-order valence-corrected chi connectivity index (χ0v) is 15.3. The van der Waals surface area contributed by atoms with Crippen molar-refractivity contribution in [2.24, 2.45) is 0 Å². The van der Waals surface area contributed by atoms with Crippen molar-refractivity contribution in [2.75, 3.05) is 16.2 Å². The van der Waals surface area contributed by atoms with Gasteiger partial charge in [0.15, 0.2) is 0 Å². The first-order valence-electron chi connectivity index (χ1n) is 8.37. The van der Waals surface area contributed by atoms with Gasteiger partial charge in [-0.2, -0.15) is 0 Å². The van der Waals surface area contributed by atoms with Crippen LogP contribution in [0.15, 0.2) is 47.4 Å². The van der Waals surface area contributed by atoms with Crippen LogP contribution in [0, 0.1) is 13.8 Å². The number of nitrogens with zero attached hydrogens (tertiary/aromatic N) is 1. The van der Waals surface area contributed by atoms with E-state index in [0.29, 0.717) is 18.7 Å². The van der Waals surface area contributed by atoms with E-state index in [1.54, 1.807) is 41.3 Å². The smallest absolute Gasteiger partial charge is 0.261 e. The molecule has 0 aliphatic carbocycles. The molecule has 25 heavy (non-hydrogen) atoms. The highest BCUT2D eigenvalue weighted by Gasteiger charge is 2.21. The van der Waals surface area contributed by atoms with Crippen molar-refractivity contribution in [3.05, 3.63) is 53.6 Å². The lowest BCUT2D eigenvalue weighted by molar-refractivity contribution is -0.119. The topological polar surface area (TPSA) is 66.5 Å². The van der Waals surface area contributed by atoms with E-state index < -0.39 is 10.0 Å². The summed E-state index contributed by atoms with van der Waals surface area (Å²) in [4.78, 5) is 14.1. The van der Waals surface area contributed by atoms with Crippen molar-refractivity contribution >= 4 is 27.3 Å². The van der Waals surface area contributed by atoms with E-state index in [1.165, 1.54) is 0 Å². The Morgan fingerprint density at radius 3 is 2.36 bits per heavy atom. The van der Waals surface area contributed by atoms with E-state index in [2.05, 4.69) is 4.72 Å². The number of hydrogen-bond acceptors (Lipinski definition) is 3. The highest BCUT2D eigenvalue weighted by Crippen LogP contribution is 2.28. The number of piperidine rings is 1. The molecule has 0 saturated carbocycles. The van der Waals surface area contributed by atoms with Gasteiger partial charge in [-0.15, -0.1) is 0 Å². The third-order valence-corrected chi connectivity index (χ3v) is 5.79. The lowest BCUT2D eigenvalue weighted by Crippen LogP contribution is -2.35. The summed E-state index contributed by atoms with van der Waals surface area (Å²) in [5.74, 6) is 0.127. The normalized spacial score (nSPS) is 15.3. The molecular weight excluding hydrogens is 336 g/mol. The first-order chi connectivity index (χ1) is 11.9. The van der Waals surface area contributed by atoms with Crippen LogP contribution in [0.2, 0.25) is 0 Å². The molecule has 0 radical (unpaired) electrons. The largest absolute Gasteiger partial charge is 0.312 e. The second-order valence-corrected chi connectivity index (χ2v) is 8.10. The van der Waals surface area contributed by atoms with Gasteiger partial charge in [0.2, 0.25) is 5.91 Å². The molecule has 132 valence electrons. The minimum atomic E-state index is -3.63. The molecule has 2 aromatic rings. The molecule has 3 rings (SSSR count). The fourth-order valence-corrected chi connectivity index (χ4v) is 4.06. The zero-order valence-electron chi connectivity index (χ0n) is 14.5. The number of nitrogens with one attached hydrogen (secondary N) is 1. The summed E-state index contributed by atoms with van der Waals surface area (Å²) in [5.41, 5.74) is 3.22. The van der Waals surface area contributed by atoms with Gasteiger partial charge >= 0.3 is 0 Å². The van der Waals surface area contributed by atoms with E-state index in [9.17, 15) is 13.2 Å². The summed E-state index contributed by atoms with van der Waals surface area (Å²) in [6, 6.07) is 12.0. The van der Waals surface area contributed by atoms with Crippen molar-refractivity contribution < 1.29 is 13.2 Å². The molecule has 1 heterocycles. The zero-order chi connectivity index (χ0) is 18.0. The van der Waals surface area contributed by atoms with E-state index in [1.807, 2.05) is 19.9 Å². The maximum atomic E-state index is 12.5. The monoisotopic (exact) mass is 358 g/mol. The van der Waals surface area contributed by atoms with Crippen LogP contribution >= 0.6 is 0 Å². The average molecular weight is 358 g/mol. The molecule has 1 fully saturated rings. The number of benzene rings is 2. The molecule has 1 N–H and O–H groups in total. The SMILES string of the molecule is Cc1ccc(S(=O)(=O)Nc2ccc(N3CCCCC3=O)c(C)c2)cc1. The molecular formula is C19H22N2O3S. The molecule has 0 unspecified atom stereocenters. The van der Waals surface area contributed by atoms with Crippen molar-refractivity contribution in [1.29, 1.82) is 0 Å². The van der Waals surface area contributed by atoms with Crippen LogP contribution in [-0.4, -0.2) is 20.9 Å². The number of carbonyl (C=O) groups is 1. The Kier molecular flexibility index (Phi) is 4.81. The molecule has 0 aromatic heterocycles. The van der Waals surface area contributed by atoms with Crippen LogP contribution in [-0.2, 0) is 14.8 Å². The average Bonchev–Trinajstić information content (AvgIpc) is 2.56. The molecule has 5 nitrogen and oxygen atoms in total. The Balaban J connectivity index is 1.83. The lowest BCUT2D eigenvalue weighted by Gasteiger charge is -2.28. The summed E-state index contributed by atoms with van der Waals surface area (Å²) in [6.45, 7) is 4.52. The number of hydrogen-bond donors (Lipinski definition) is 1. The van der Waals surface area contributed by atoms with Gasteiger partial charge in [0.05, 0.1) is 4.90 Å². The van der Waals surface area contributed by atoms with Crippen molar-refractivity contribution in [2.45, 2.75) is 38.0 Å². The fraction of sp³-hybridized carbons (Fsp3) is 0.316. The lowest BCUT2D eigenvalue weighted by atomic mass is 10.1. The molecule has 2 aromatic carbocycles. The molecule has 6 heteroatoms. The second kappa shape index (κ2) is 6.88. The number of anilines is 2. The standard InChI is InChI=1S/C19H22N2O3S/c1-14-6-9-17(10-7-14)25(23,24)20-16-8-11-18(15(2)13-16)21-12-4-3-5-19(21)22/h6-11,13,20H,3-5,12H2,1-2H3. The minimum absolute atomic E-state index is 0.127. The maximum Gasteiger partial charge on any atom is 0.261 e. The van der Waals surface area contributed by atoms with Gasteiger partial charge in [-0.25, -0.2) is 8.42 Å². The van der Waals surface area contributed by atoms with Crippen molar-refractivity contribution in [3.8, 4) is 0 Å². The first kappa shape index (κ1) is 17.5. The first-order valence-corrected chi connectivity index (χ1v) is 9.86. The molecule has 0 spiro atoms. The van der Waals surface area contributed by atoms with Crippen molar-refractivity contribution in [1.82, 2.24) is 0 Å². The summed E-state index contributed by atoms with van der Waals surface area (Å²) in [6.07, 6.45) is 2.50. The number of amides is 1. The van der Waals surface area contributed by atoms with E-state index in [-0.39, 0.29) is 10.8 Å². The Morgan fingerprint density at radius 2 is 1.72 bits per heavy atom.